The highest BCUT2D eigenvalue weighted by Gasteiger charge is 2.34. The van der Waals surface area contributed by atoms with Crippen molar-refractivity contribution < 1.29 is 19.1 Å². The topological polar surface area (TPSA) is 55.8 Å². The predicted octanol–water partition coefficient (Wildman–Crippen LogP) is 5.82. The van der Waals surface area contributed by atoms with Crippen LogP contribution in [-0.4, -0.2) is 23.2 Å². The van der Waals surface area contributed by atoms with Crippen LogP contribution in [0.1, 0.15) is 22.3 Å². The molecule has 0 aliphatic carbocycles. The van der Waals surface area contributed by atoms with Gasteiger partial charge < -0.3 is 9.47 Å². The molecule has 0 spiro atoms. The molecule has 3 aromatic carbocycles. The fourth-order valence-electron chi connectivity index (χ4n) is 3.29. The number of methoxy groups -OCH3 is 1. The first-order valence-electron chi connectivity index (χ1n) is 10.2. The minimum atomic E-state index is -0.289. The fourth-order valence-corrected chi connectivity index (χ4v) is 4.13. The molecule has 162 valence electrons. The van der Waals surface area contributed by atoms with Crippen molar-refractivity contribution in [3.05, 3.63) is 100.0 Å². The normalized spacial score (nSPS) is 14.8. The Bertz CT molecular complexity index is 1160. The zero-order valence-electron chi connectivity index (χ0n) is 17.9. The molecule has 0 saturated carbocycles. The Hall–Kier alpha value is -3.51. The number of aryl methyl sites for hydroxylation is 1. The molecular weight excluding hydrogens is 422 g/mol. The van der Waals surface area contributed by atoms with Gasteiger partial charge in [-0.2, -0.15) is 0 Å². The average Bonchev–Trinajstić information content (AvgIpc) is 3.07. The van der Waals surface area contributed by atoms with E-state index >= 15 is 0 Å². The number of carbonyl (C=O) groups excluding carboxylic acids is 2. The maximum atomic E-state index is 12.8. The van der Waals surface area contributed by atoms with Crippen LogP contribution in [0.5, 0.6) is 11.5 Å². The first-order valence-corrected chi connectivity index (χ1v) is 11.0. The number of thioether (sulfide) groups is 1. The summed E-state index contributed by atoms with van der Waals surface area (Å²) in [7, 11) is 1.57. The number of nitrogens with zero attached hydrogens (tertiary/aromatic N) is 1. The molecule has 1 aliphatic rings. The van der Waals surface area contributed by atoms with E-state index in [4.69, 9.17) is 9.47 Å². The standard InChI is InChI=1S/C26H23NO4S/c1-18-8-10-20(11-9-18)17-31-22-13-12-21(14-23(22)30-2)15-24-25(28)27(26(29)32-24)16-19-6-4-3-5-7-19/h3-15H,16-17H2,1-2H3. The third-order valence-electron chi connectivity index (χ3n) is 5.06. The Balaban J connectivity index is 1.48. The van der Waals surface area contributed by atoms with Gasteiger partial charge in [0.1, 0.15) is 6.61 Å². The first-order chi connectivity index (χ1) is 15.5. The first kappa shape index (κ1) is 21.7. The van der Waals surface area contributed by atoms with E-state index in [0.717, 1.165) is 28.5 Å². The minimum absolute atomic E-state index is 0.262. The summed E-state index contributed by atoms with van der Waals surface area (Å²) in [6.45, 7) is 2.73. The smallest absolute Gasteiger partial charge is 0.293 e. The highest BCUT2D eigenvalue weighted by Crippen LogP contribution is 2.35. The Morgan fingerprint density at radius 1 is 0.906 bits per heavy atom. The molecule has 6 heteroatoms. The molecular formula is C26H23NO4S. The van der Waals surface area contributed by atoms with Gasteiger partial charge in [0.05, 0.1) is 18.6 Å². The van der Waals surface area contributed by atoms with Gasteiger partial charge in [-0.25, -0.2) is 0 Å². The van der Waals surface area contributed by atoms with Gasteiger partial charge in [0.2, 0.25) is 0 Å². The second-order valence-electron chi connectivity index (χ2n) is 7.44. The van der Waals surface area contributed by atoms with E-state index < -0.39 is 0 Å². The van der Waals surface area contributed by atoms with Crippen molar-refractivity contribution in [1.82, 2.24) is 4.90 Å². The van der Waals surface area contributed by atoms with E-state index in [1.54, 1.807) is 19.3 Å². The number of benzene rings is 3. The van der Waals surface area contributed by atoms with Gasteiger partial charge in [-0.1, -0.05) is 66.2 Å². The van der Waals surface area contributed by atoms with Gasteiger partial charge in [0.15, 0.2) is 11.5 Å². The molecule has 0 radical (unpaired) electrons. The van der Waals surface area contributed by atoms with Gasteiger partial charge in [-0.05, 0) is 53.6 Å². The molecule has 1 saturated heterocycles. The summed E-state index contributed by atoms with van der Waals surface area (Å²) in [6, 6.07) is 23.1. The van der Waals surface area contributed by atoms with Gasteiger partial charge in [-0.3, -0.25) is 14.5 Å². The quantitative estimate of drug-likeness (QED) is 0.429. The van der Waals surface area contributed by atoms with Crippen LogP contribution >= 0.6 is 11.8 Å². The molecule has 1 fully saturated rings. The van der Waals surface area contributed by atoms with Crippen molar-refractivity contribution in [2.24, 2.45) is 0 Å². The van der Waals surface area contributed by atoms with Crippen LogP contribution in [0.3, 0.4) is 0 Å². The minimum Gasteiger partial charge on any atom is -0.493 e. The number of imide groups is 1. The Kier molecular flexibility index (Phi) is 6.61. The molecule has 3 aromatic rings. The van der Waals surface area contributed by atoms with Crippen LogP contribution in [-0.2, 0) is 17.9 Å². The van der Waals surface area contributed by atoms with Gasteiger partial charge in [0, 0.05) is 0 Å². The van der Waals surface area contributed by atoms with Crippen molar-refractivity contribution in [1.29, 1.82) is 0 Å². The molecule has 0 N–H and O–H groups in total. The van der Waals surface area contributed by atoms with Gasteiger partial charge >= 0.3 is 0 Å². The molecule has 4 rings (SSSR count). The highest BCUT2D eigenvalue weighted by atomic mass is 32.2. The number of hydrogen-bond acceptors (Lipinski definition) is 5. The van der Waals surface area contributed by atoms with E-state index in [2.05, 4.69) is 0 Å². The Labute approximate surface area is 191 Å². The highest BCUT2D eigenvalue weighted by molar-refractivity contribution is 8.18. The third kappa shape index (κ3) is 5.03. The summed E-state index contributed by atoms with van der Waals surface area (Å²) >= 11 is 0.949. The summed E-state index contributed by atoms with van der Waals surface area (Å²) in [5.41, 5.74) is 3.93. The zero-order valence-corrected chi connectivity index (χ0v) is 18.7. The number of amides is 2. The lowest BCUT2D eigenvalue weighted by Crippen LogP contribution is -2.27. The number of ether oxygens (including phenoxy) is 2. The summed E-state index contributed by atoms with van der Waals surface area (Å²) in [6.07, 6.45) is 1.71. The molecule has 1 aliphatic heterocycles. The third-order valence-corrected chi connectivity index (χ3v) is 5.96. The van der Waals surface area contributed by atoms with Crippen LogP contribution in [0, 0.1) is 6.92 Å². The van der Waals surface area contributed by atoms with E-state index in [9.17, 15) is 9.59 Å². The van der Waals surface area contributed by atoms with E-state index in [1.807, 2.05) is 73.7 Å². The molecule has 0 bridgehead atoms. The largest absolute Gasteiger partial charge is 0.493 e. The maximum absolute atomic E-state index is 12.8. The maximum Gasteiger partial charge on any atom is 0.293 e. The second-order valence-corrected chi connectivity index (χ2v) is 8.43. The summed E-state index contributed by atoms with van der Waals surface area (Å²) < 4.78 is 11.4. The molecule has 0 atom stereocenters. The summed E-state index contributed by atoms with van der Waals surface area (Å²) in [4.78, 5) is 26.8. The number of carbonyl (C=O) groups is 2. The second kappa shape index (κ2) is 9.75. The molecule has 0 unspecified atom stereocenters. The Morgan fingerprint density at radius 2 is 1.66 bits per heavy atom. The average molecular weight is 446 g/mol. The zero-order chi connectivity index (χ0) is 22.5. The van der Waals surface area contributed by atoms with Crippen LogP contribution in [0.4, 0.5) is 4.79 Å². The lowest BCUT2D eigenvalue weighted by molar-refractivity contribution is -0.123. The molecule has 0 aromatic heterocycles. The SMILES string of the molecule is COc1cc(C=C2SC(=O)N(Cc3ccccc3)C2=O)ccc1OCc1ccc(C)cc1. The van der Waals surface area contributed by atoms with Gasteiger partial charge in [-0.15, -0.1) is 0 Å². The van der Waals surface area contributed by atoms with Crippen molar-refractivity contribution in [2.75, 3.05) is 7.11 Å². The fraction of sp³-hybridized carbons (Fsp3) is 0.154. The summed E-state index contributed by atoms with van der Waals surface area (Å²) in [5, 5.41) is -0.268. The lowest BCUT2D eigenvalue weighted by atomic mass is 10.1. The number of rotatable bonds is 7. The van der Waals surface area contributed by atoms with E-state index in [0.29, 0.717) is 23.0 Å². The van der Waals surface area contributed by atoms with Crippen molar-refractivity contribution in [2.45, 2.75) is 20.1 Å². The lowest BCUT2D eigenvalue weighted by Gasteiger charge is -2.12. The van der Waals surface area contributed by atoms with Crippen molar-refractivity contribution in [3.8, 4) is 11.5 Å². The molecule has 5 nitrogen and oxygen atoms in total. The Morgan fingerprint density at radius 3 is 2.38 bits per heavy atom. The van der Waals surface area contributed by atoms with Crippen LogP contribution in [0.15, 0.2) is 77.7 Å². The van der Waals surface area contributed by atoms with Gasteiger partial charge in [0.25, 0.3) is 11.1 Å². The van der Waals surface area contributed by atoms with E-state index in [-0.39, 0.29) is 17.7 Å². The monoisotopic (exact) mass is 445 g/mol. The van der Waals surface area contributed by atoms with E-state index in [1.165, 1.54) is 10.5 Å². The molecule has 32 heavy (non-hydrogen) atoms. The number of hydrogen-bond donors (Lipinski definition) is 0. The van der Waals surface area contributed by atoms with Crippen molar-refractivity contribution in [3.63, 3.8) is 0 Å². The molecule has 1 heterocycles. The molecule has 2 amide bonds. The predicted molar refractivity (Wildman–Crippen MR) is 126 cm³/mol. The van der Waals surface area contributed by atoms with Crippen LogP contribution in [0.2, 0.25) is 0 Å². The van der Waals surface area contributed by atoms with Crippen LogP contribution in [0.25, 0.3) is 6.08 Å². The van der Waals surface area contributed by atoms with Crippen LogP contribution < -0.4 is 9.47 Å². The van der Waals surface area contributed by atoms with Crippen molar-refractivity contribution >= 4 is 29.0 Å². The summed E-state index contributed by atoms with van der Waals surface area (Å²) in [5.74, 6) is 0.888.